The van der Waals surface area contributed by atoms with Gasteiger partial charge in [-0.05, 0) is 5.56 Å². The van der Waals surface area contributed by atoms with Crippen molar-refractivity contribution < 1.29 is 19.1 Å². The van der Waals surface area contributed by atoms with Crippen molar-refractivity contribution in [1.29, 1.82) is 0 Å². The van der Waals surface area contributed by atoms with E-state index in [0.717, 1.165) is 5.56 Å². The third kappa shape index (κ3) is 1.79. The Hall–Kier alpha value is -1.97. The Kier molecular flexibility index (Phi) is 2.73. The van der Waals surface area contributed by atoms with Gasteiger partial charge in [0.2, 0.25) is 0 Å². The molecule has 2 fully saturated rings. The van der Waals surface area contributed by atoms with Gasteiger partial charge in [0.05, 0.1) is 11.8 Å². The van der Waals surface area contributed by atoms with Crippen LogP contribution in [0.2, 0.25) is 0 Å². The fourth-order valence-electron chi connectivity index (χ4n) is 3.25. The SMILES string of the molecule is C[C@@H]1C(=O)C[C@H]2C(=O)OC(=O)[C@@H]2[C@@H]1c1ccccc1. The average Bonchev–Trinajstić information content (AvgIpc) is 2.67. The van der Waals surface area contributed by atoms with Crippen LogP contribution in [0, 0.1) is 17.8 Å². The molecule has 3 rings (SSSR count). The van der Waals surface area contributed by atoms with Crippen LogP contribution in [0.25, 0.3) is 0 Å². The highest BCUT2D eigenvalue weighted by Gasteiger charge is 2.55. The van der Waals surface area contributed by atoms with E-state index in [1.807, 2.05) is 37.3 Å². The van der Waals surface area contributed by atoms with Crippen LogP contribution in [0.1, 0.15) is 24.8 Å². The van der Waals surface area contributed by atoms with Crippen LogP contribution in [0.5, 0.6) is 0 Å². The van der Waals surface area contributed by atoms with E-state index < -0.39 is 23.8 Å². The van der Waals surface area contributed by atoms with Crippen molar-refractivity contribution in [2.75, 3.05) is 0 Å². The molecule has 0 amide bonds. The number of ether oxygens (including phenoxy) is 1. The van der Waals surface area contributed by atoms with Gasteiger partial charge in [-0.3, -0.25) is 14.4 Å². The lowest BCUT2D eigenvalue weighted by Crippen LogP contribution is -2.39. The number of fused-ring (bicyclic) bond motifs is 1. The lowest BCUT2D eigenvalue weighted by atomic mass is 9.65. The zero-order valence-electron chi connectivity index (χ0n) is 10.5. The van der Waals surface area contributed by atoms with Crippen molar-refractivity contribution in [3.8, 4) is 0 Å². The summed E-state index contributed by atoms with van der Waals surface area (Å²) >= 11 is 0. The van der Waals surface area contributed by atoms with E-state index in [1.165, 1.54) is 0 Å². The largest absolute Gasteiger partial charge is 0.393 e. The molecule has 98 valence electrons. The summed E-state index contributed by atoms with van der Waals surface area (Å²) in [6.07, 6.45) is 0.125. The molecule has 1 saturated carbocycles. The number of cyclic esters (lactones) is 2. The van der Waals surface area contributed by atoms with Crippen LogP contribution in [0.4, 0.5) is 0 Å². The van der Waals surface area contributed by atoms with Gasteiger partial charge in [0.25, 0.3) is 0 Å². The van der Waals surface area contributed by atoms with Crippen molar-refractivity contribution in [1.82, 2.24) is 0 Å². The maximum absolute atomic E-state index is 12.1. The van der Waals surface area contributed by atoms with E-state index in [2.05, 4.69) is 0 Å². The van der Waals surface area contributed by atoms with Crippen LogP contribution < -0.4 is 0 Å². The summed E-state index contributed by atoms with van der Waals surface area (Å²) in [5.41, 5.74) is 0.921. The first-order valence-electron chi connectivity index (χ1n) is 6.43. The molecule has 1 aliphatic carbocycles. The first-order chi connectivity index (χ1) is 9.09. The van der Waals surface area contributed by atoms with Gasteiger partial charge in [0.15, 0.2) is 0 Å². The smallest absolute Gasteiger partial charge is 0.318 e. The topological polar surface area (TPSA) is 60.4 Å². The van der Waals surface area contributed by atoms with Gasteiger partial charge in [0, 0.05) is 18.3 Å². The third-order valence-electron chi connectivity index (χ3n) is 4.25. The Labute approximate surface area is 110 Å². The van der Waals surface area contributed by atoms with E-state index in [4.69, 9.17) is 4.74 Å². The molecule has 4 nitrogen and oxygen atoms in total. The Bertz CT molecular complexity index is 549. The molecule has 19 heavy (non-hydrogen) atoms. The lowest BCUT2D eigenvalue weighted by molar-refractivity contribution is -0.154. The van der Waals surface area contributed by atoms with Crippen LogP contribution in [-0.2, 0) is 19.1 Å². The number of hydrogen-bond donors (Lipinski definition) is 0. The number of carbonyl (C=O) groups is 3. The standard InChI is InChI=1S/C15H14O4/c1-8-11(16)7-10-13(15(18)19-14(10)17)12(8)9-5-3-2-4-6-9/h2-6,8,10,12-13H,7H2,1H3/t8-,10-,12+,13+/m1/s1. The molecular weight excluding hydrogens is 244 g/mol. The minimum Gasteiger partial charge on any atom is -0.393 e. The van der Waals surface area contributed by atoms with Crippen molar-refractivity contribution >= 4 is 17.7 Å². The second-order valence-corrected chi connectivity index (χ2v) is 5.27. The van der Waals surface area contributed by atoms with E-state index in [-0.39, 0.29) is 24.0 Å². The molecule has 0 N–H and O–H groups in total. The highest BCUT2D eigenvalue weighted by Crippen LogP contribution is 2.47. The summed E-state index contributed by atoms with van der Waals surface area (Å²) in [6.45, 7) is 1.83. The molecule has 1 aliphatic heterocycles. The molecule has 1 aromatic carbocycles. The Morgan fingerprint density at radius 2 is 1.68 bits per heavy atom. The fourth-order valence-corrected chi connectivity index (χ4v) is 3.25. The second-order valence-electron chi connectivity index (χ2n) is 5.27. The molecule has 2 aliphatic rings. The summed E-state index contributed by atoms with van der Waals surface area (Å²) in [7, 11) is 0. The molecule has 4 atom stereocenters. The van der Waals surface area contributed by atoms with Crippen molar-refractivity contribution in [3.63, 3.8) is 0 Å². The first-order valence-corrected chi connectivity index (χ1v) is 6.43. The molecule has 1 saturated heterocycles. The van der Waals surface area contributed by atoms with E-state index in [0.29, 0.717) is 0 Å². The predicted octanol–water partition coefficient (Wildman–Crippen LogP) is 1.69. The van der Waals surface area contributed by atoms with Gasteiger partial charge in [-0.1, -0.05) is 37.3 Å². The van der Waals surface area contributed by atoms with Gasteiger partial charge < -0.3 is 4.74 Å². The molecule has 0 bridgehead atoms. The lowest BCUT2D eigenvalue weighted by Gasteiger charge is -2.34. The van der Waals surface area contributed by atoms with Gasteiger partial charge in [-0.15, -0.1) is 0 Å². The predicted molar refractivity (Wildman–Crippen MR) is 66.1 cm³/mol. The molecule has 1 heterocycles. The number of ketones is 1. The van der Waals surface area contributed by atoms with E-state index in [1.54, 1.807) is 0 Å². The minimum absolute atomic E-state index is 0.0294. The van der Waals surface area contributed by atoms with Gasteiger partial charge in [-0.2, -0.15) is 0 Å². The zero-order chi connectivity index (χ0) is 13.6. The molecule has 1 aromatic rings. The summed E-state index contributed by atoms with van der Waals surface area (Å²) in [5.74, 6) is -2.63. The monoisotopic (exact) mass is 258 g/mol. The molecular formula is C15H14O4. The summed E-state index contributed by atoms with van der Waals surface area (Å²) < 4.78 is 4.73. The van der Waals surface area contributed by atoms with Crippen LogP contribution >= 0.6 is 0 Å². The Balaban J connectivity index is 2.06. The van der Waals surface area contributed by atoms with Gasteiger partial charge in [0.1, 0.15) is 5.78 Å². The maximum Gasteiger partial charge on any atom is 0.318 e. The highest BCUT2D eigenvalue weighted by atomic mass is 16.6. The Morgan fingerprint density at radius 3 is 2.37 bits per heavy atom. The molecule has 0 unspecified atom stereocenters. The van der Waals surface area contributed by atoms with Gasteiger partial charge in [-0.25, -0.2) is 0 Å². The molecule has 0 radical (unpaired) electrons. The molecule has 0 spiro atoms. The number of hydrogen-bond acceptors (Lipinski definition) is 4. The van der Waals surface area contributed by atoms with E-state index >= 15 is 0 Å². The molecule has 4 heteroatoms. The Morgan fingerprint density at radius 1 is 1.00 bits per heavy atom. The second kappa shape index (κ2) is 4.30. The molecule has 0 aromatic heterocycles. The summed E-state index contributed by atoms with van der Waals surface area (Å²) in [6, 6.07) is 9.42. The quantitative estimate of drug-likeness (QED) is 0.568. The fraction of sp³-hybridized carbons (Fsp3) is 0.400. The summed E-state index contributed by atoms with van der Waals surface area (Å²) in [5, 5.41) is 0. The number of carbonyl (C=O) groups excluding carboxylic acids is 3. The maximum atomic E-state index is 12.1. The van der Waals surface area contributed by atoms with Crippen molar-refractivity contribution in [2.24, 2.45) is 17.8 Å². The number of rotatable bonds is 1. The summed E-state index contributed by atoms with van der Waals surface area (Å²) in [4.78, 5) is 35.6. The average molecular weight is 258 g/mol. The zero-order valence-corrected chi connectivity index (χ0v) is 10.5. The van der Waals surface area contributed by atoms with Crippen LogP contribution in [0.3, 0.4) is 0 Å². The highest BCUT2D eigenvalue weighted by molar-refractivity contribution is 6.01. The minimum atomic E-state index is -0.596. The normalized spacial score (nSPS) is 34.1. The number of Topliss-reactive ketones (excluding diaryl/α,β-unsaturated/α-hetero) is 1. The van der Waals surface area contributed by atoms with Gasteiger partial charge >= 0.3 is 11.9 Å². The first kappa shape index (κ1) is 12.1. The number of benzene rings is 1. The third-order valence-corrected chi connectivity index (χ3v) is 4.25. The van der Waals surface area contributed by atoms with Crippen molar-refractivity contribution in [2.45, 2.75) is 19.3 Å². The van der Waals surface area contributed by atoms with Crippen LogP contribution in [0.15, 0.2) is 30.3 Å². The van der Waals surface area contributed by atoms with Crippen LogP contribution in [-0.4, -0.2) is 17.7 Å². The number of esters is 2. The van der Waals surface area contributed by atoms with E-state index in [9.17, 15) is 14.4 Å². The van der Waals surface area contributed by atoms with Crippen molar-refractivity contribution in [3.05, 3.63) is 35.9 Å².